The van der Waals surface area contributed by atoms with Crippen LogP contribution in [0, 0.1) is 6.92 Å². The Kier molecular flexibility index (Phi) is 3.28. The van der Waals surface area contributed by atoms with Gasteiger partial charge >= 0.3 is 0 Å². The van der Waals surface area contributed by atoms with Crippen molar-refractivity contribution < 1.29 is 0 Å². The highest BCUT2D eigenvalue weighted by Gasteiger charge is 2.11. The molecule has 6 heteroatoms. The van der Waals surface area contributed by atoms with Gasteiger partial charge in [0.25, 0.3) is 0 Å². The van der Waals surface area contributed by atoms with Crippen molar-refractivity contribution in [1.29, 1.82) is 0 Å². The predicted molar refractivity (Wildman–Crippen MR) is 67.3 cm³/mol. The number of halogens is 1. The van der Waals surface area contributed by atoms with Gasteiger partial charge in [-0.1, -0.05) is 18.5 Å². The first-order valence-corrected chi connectivity index (χ1v) is 5.83. The van der Waals surface area contributed by atoms with Crippen LogP contribution in [-0.2, 0) is 6.42 Å². The van der Waals surface area contributed by atoms with Gasteiger partial charge in [0.05, 0.1) is 17.4 Å². The first-order valence-electron chi connectivity index (χ1n) is 5.45. The maximum Gasteiger partial charge on any atom is 0.162 e. The van der Waals surface area contributed by atoms with Crippen LogP contribution >= 0.6 is 11.6 Å². The molecular formula is C11H14ClN5. The molecule has 2 N–H and O–H groups in total. The Balaban J connectivity index is 2.52. The maximum atomic E-state index is 5.87. The Morgan fingerprint density at radius 1 is 1.41 bits per heavy atom. The van der Waals surface area contributed by atoms with E-state index in [1.807, 2.05) is 6.92 Å². The lowest BCUT2D eigenvalue weighted by molar-refractivity contribution is 0.780. The molecule has 0 aliphatic carbocycles. The fraction of sp³-hybridized carbons (Fsp3) is 0.364. The van der Waals surface area contributed by atoms with Gasteiger partial charge in [-0.3, -0.25) is 0 Å². The molecule has 0 amide bonds. The summed E-state index contributed by atoms with van der Waals surface area (Å²) >= 11 is 5.85. The van der Waals surface area contributed by atoms with Crippen molar-refractivity contribution in [2.24, 2.45) is 0 Å². The molecule has 0 bridgehead atoms. The summed E-state index contributed by atoms with van der Waals surface area (Å²) in [5.41, 5.74) is 6.68. The molecule has 0 radical (unpaired) electrons. The zero-order valence-corrected chi connectivity index (χ0v) is 10.6. The molecule has 0 aliphatic rings. The van der Waals surface area contributed by atoms with E-state index in [0.717, 1.165) is 24.2 Å². The molecule has 5 nitrogen and oxygen atoms in total. The highest BCUT2D eigenvalue weighted by molar-refractivity contribution is 6.30. The average Bonchev–Trinajstić information content (AvgIpc) is 2.70. The molecule has 0 saturated heterocycles. The number of nitrogens with two attached hydrogens (primary N) is 1. The van der Waals surface area contributed by atoms with Gasteiger partial charge in [0.2, 0.25) is 0 Å². The van der Waals surface area contributed by atoms with Crippen molar-refractivity contribution in [3.8, 4) is 5.82 Å². The highest BCUT2D eigenvalue weighted by Crippen LogP contribution is 2.18. The number of aromatic nitrogens is 4. The monoisotopic (exact) mass is 251 g/mol. The largest absolute Gasteiger partial charge is 0.383 e. The molecule has 0 aromatic carbocycles. The molecule has 2 aromatic heterocycles. The van der Waals surface area contributed by atoms with E-state index in [2.05, 4.69) is 22.0 Å². The lowest BCUT2D eigenvalue weighted by Crippen LogP contribution is -2.09. The first kappa shape index (κ1) is 11.9. The number of rotatable bonds is 3. The van der Waals surface area contributed by atoms with Crippen LogP contribution in [0.25, 0.3) is 5.82 Å². The molecule has 0 saturated carbocycles. The van der Waals surface area contributed by atoms with Crippen molar-refractivity contribution in [3.63, 3.8) is 0 Å². The minimum atomic E-state index is 0.491. The van der Waals surface area contributed by atoms with Crippen LogP contribution in [0.5, 0.6) is 0 Å². The third-order valence-electron chi connectivity index (χ3n) is 2.45. The Labute approximate surface area is 105 Å². The number of hydrogen-bond acceptors (Lipinski definition) is 4. The molecule has 0 spiro atoms. The maximum absolute atomic E-state index is 5.87. The second kappa shape index (κ2) is 4.71. The van der Waals surface area contributed by atoms with Gasteiger partial charge in [0.1, 0.15) is 11.6 Å². The molecular weight excluding hydrogens is 238 g/mol. The second-order valence-corrected chi connectivity index (χ2v) is 4.26. The number of hydrogen-bond donors (Lipinski definition) is 1. The van der Waals surface area contributed by atoms with Crippen LogP contribution in [-0.4, -0.2) is 19.7 Å². The SMILES string of the molecule is CCCc1nc(N)c(C)c(-n2cc(Cl)cn2)n1. The fourth-order valence-corrected chi connectivity index (χ4v) is 1.68. The molecule has 0 aliphatic heterocycles. The Morgan fingerprint density at radius 2 is 2.18 bits per heavy atom. The summed E-state index contributed by atoms with van der Waals surface area (Å²) in [6.45, 7) is 3.94. The smallest absolute Gasteiger partial charge is 0.162 e. The molecule has 0 atom stereocenters. The number of nitrogen functional groups attached to an aromatic ring is 1. The molecule has 0 unspecified atom stereocenters. The Hall–Kier alpha value is -1.62. The van der Waals surface area contributed by atoms with Crippen molar-refractivity contribution in [1.82, 2.24) is 19.7 Å². The third-order valence-corrected chi connectivity index (χ3v) is 2.64. The summed E-state index contributed by atoms with van der Waals surface area (Å²) in [6.07, 6.45) is 5.04. The summed E-state index contributed by atoms with van der Waals surface area (Å²) < 4.78 is 1.62. The topological polar surface area (TPSA) is 69.6 Å². The Bertz CT molecular complexity index is 535. The molecule has 0 fully saturated rings. The zero-order valence-electron chi connectivity index (χ0n) is 9.81. The van der Waals surface area contributed by atoms with E-state index < -0.39 is 0 Å². The predicted octanol–water partition coefficient (Wildman–Crippen LogP) is 2.16. The number of aryl methyl sites for hydroxylation is 1. The van der Waals surface area contributed by atoms with Crippen LogP contribution < -0.4 is 5.73 Å². The molecule has 17 heavy (non-hydrogen) atoms. The lowest BCUT2D eigenvalue weighted by Gasteiger charge is -2.09. The van der Waals surface area contributed by atoms with E-state index in [1.165, 1.54) is 0 Å². The fourth-order valence-electron chi connectivity index (χ4n) is 1.54. The lowest BCUT2D eigenvalue weighted by atomic mass is 10.2. The van der Waals surface area contributed by atoms with Crippen LogP contribution in [0.3, 0.4) is 0 Å². The first-order chi connectivity index (χ1) is 8.11. The molecule has 2 rings (SSSR count). The van der Waals surface area contributed by atoms with Gasteiger partial charge < -0.3 is 5.73 Å². The van der Waals surface area contributed by atoms with E-state index in [-0.39, 0.29) is 0 Å². The summed E-state index contributed by atoms with van der Waals surface area (Å²) in [4.78, 5) is 8.71. The second-order valence-electron chi connectivity index (χ2n) is 3.83. The normalized spacial score (nSPS) is 10.8. The quantitative estimate of drug-likeness (QED) is 0.908. The molecule has 2 aromatic rings. The van der Waals surface area contributed by atoms with E-state index >= 15 is 0 Å². The van der Waals surface area contributed by atoms with Crippen LogP contribution in [0.2, 0.25) is 5.02 Å². The van der Waals surface area contributed by atoms with Crippen molar-refractivity contribution in [2.75, 3.05) is 5.73 Å². The minimum Gasteiger partial charge on any atom is -0.383 e. The van der Waals surface area contributed by atoms with E-state index in [0.29, 0.717) is 16.7 Å². The Morgan fingerprint density at radius 3 is 2.76 bits per heavy atom. The molecule has 2 heterocycles. The van der Waals surface area contributed by atoms with E-state index in [4.69, 9.17) is 17.3 Å². The van der Waals surface area contributed by atoms with E-state index in [1.54, 1.807) is 17.1 Å². The standard InChI is InChI=1S/C11H14ClN5/c1-3-4-9-15-10(13)7(2)11(16-9)17-6-8(12)5-14-17/h5-6H,3-4H2,1-2H3,(H2,13,15,16). The van der Waals surface area contributed by atoms with Crippen LogP contribution in [0.4, 0.5) is 5.82 Å². The van der Waals surface area contributed by atoms with Crippen molar-refractivity contribution in [2.45, 2.75) is 26.7 Å². The van der Waals surface area contributed by atoms with Gasteiger partial charge in [-0.2, -0.15) is 5.10 Å². The van der Waals surface area contributed by atoms with Gasteiger partial charge in [-0.25, -0.2) is 14.6 Å². The number of nitrogens with zero attached hydrogens (tertiary/aromatic N) is 4. The van der Waals surface area contributed by atoms with Gasteiger partial charge in [-0.15, -0.1) is 0 Å². The summed E-state index contributed by atoms with van der Waals surface area (Å²) in [6, 6.07) is 0. The van der Waals surface area contributed by atoms with Crippen LogP contribution in [0.15, 0.2) is 12.4 Å². The zero-order chi connectivity index (χ0) is 12.4. The number of anilines is 1. The van der Waals surface area contributed by atoms with E-state index in [9.17, 15) is 0 Å². The van der Waals surface area contributed by atoms with Crippen LogP contribution in [0.1, 0.15) is 24.7 Å². The van der Waals surface area contributed by atoms with Gasteiger partial charge in [-0.05, 0) is 13.3 Å². The summed E-state index contributed by atoms with van der Waals surface area (Å²) in [5.74, 6) is 1.91. The van der Waals surface area contributed by atoms with Gasteiger partial charge in [0.15, 0.2) is 5.82 Å². The van der Waals surface area contributed by atoms with Crippen molar-refractivity contribution in [3.05, 3.63) is 28.8 Å². The molecule has 90 valence electrons. The average molecular weight is 252 g/mol. The highest BCUT2D eigenvalue weighted by atomic mass is 35.5. The van der Waals surface area contributed by atoms with Gasteiger partial charge in [0, 0.05) is 12.0 Å². The summed E-state index contributed by atoms with van der Waals surface area (Å²) in [7, 11) is 0. The minimum absolute atomic E-state index is 0.491. The summed E-state index contributed by atoms with van der Waals surface area (Å²) in [5, 5.41) is 4.70. The van der Waals surface area contributed by atoms with Crippen molar-refractivity contribution >= 4 is 17.4 Å². The third kappa shape index (κ3) is 2.39.